The van der Waals surface area contributed by atoms with Crippen LogP contribution in [0.4, 0.5) is 27.6 Å². The van der Waals surface area contributed by atoms with E-state index in [0.717, 1.165) is 12.3 Å². The fraction of sp³-hybridized carbons (Fsp3) is 0.190. The summed E-state index contributed by atoms with van der Waals surface area (Å²) >= 11 is 4.19. The van der Waals surface area contributed by atoms with Gasteiger partial charge in [-0.05, 0) is 59.9 Å². The van der Waals surface area contributed by atoms with Crippen LogP contribution in [0, 0.1) is 17.0 Å². The Labute approximate surface area is 175 Å². The number of halogens is 5. The Morgan fingerprint density at radius 2 is 1.93 bits per heavy atom. The quantitative estimate of drug-likeness (QED) is 0.266. The first kappa shape index (κ1) is 21.9. The summed E-state index contributed by atoms with van der Waals surface area (Å²) in [7, 11) is 0. The molecule has 2 aromatic rings. The highest BCUT2D eigenvalue weighted by molar-refractivity contribution is 7.80. The number of fused-ring (bicyclic) bond motifs is 1. The molecule has 3 nitrogen and oxygen atoms in total. The molecule has 3 rings (SSSR count). The zero-order valence-electron chi connectivity index (χ0n) is 15.8. The van der Waals surface area contributed by atoms with Gasteiger partial charge in [0.25, 0.3) is 0 Å². The van der Waals surface area contributed by atoms with Gasteiger partial charge in [-0.15, -0.1) is 12.6 Å². The van der Waals surface area contributed by atoms with Gasteiger partial charge in [-0.1, -0.05) is 6.58 Å². The molecule has 3 N–H and O–H groups in total. The van der Waals surface area contributed by atoms with Crippen molar-refractivity contribution in [3.05, 3.63) is 76.6 Å². The highest BCUT2D eigenvalue weighted by atomic mass is 32.1. The smallest absolute Gasteiger partial charge is 0.357 e. The third kappa shape index (κ3) is 4.35. The summed E-state index contributed by atoms with van der Waals surface area (Å²) in [5, 5.41) is 12.4. The van der Waals surface area contributed by atoms with Crippen molar-refractivity contribution < 1.29 is 22.0 Å². The van der Waals surface area contributed by atoms with Crippen molar-refractivity contribution in [1.29, 1.82) is 5.41 Å². The minimum atomic E-state index is -4.70. The molecule has 1 unspecified atom stereocenters. The maximum Gasteiger partial charge on any atom is 0.412 e. The second kappa shape index (κ2) is 8.14. The summed E-state index contributed by atoms with van der Waals surface area (Å²) in [6.45, 7) is 5.02. The van der Waals surface area contributed by atoms with Crippen LogP contribution < -0.4 is 10.6 Å². The first-order chi connectivity index (χ1) is 14.0. The molecule has 0 saturated heterocycles. The molecule has 1 atom stereocenters. The second-order valence-corrected chi connectivity index (χ2v) is 7.36. The van der Waals surface area contributed by atoms with Crippen molar-refractivity contribution in [1.82, 2.24) is 5.32 Å². The van der Waals surface area contributed by atoms with E-state index in [1.54, 1.807) is 18.2 Å². The van der Waals surface area contributed by atoms with Crippen molar-refractivity contribution in [2.45, 2.75) is 30.5 Å². The lowest BCUT2D eigenvalue weighted by Gasteiger charge is -2.26. The Hall–Kier alpha value is -2.81. The van der Waals surface area contributed by atoms with E-state index in [2.05, 4.69) is 29.8 Å². The summed E-state index contributed by atoms with van der Waals surface area (Å²) in [4.78, 5) is 0.543. The van der Waals surface area contributed by atoms with Crippen LogP contribution in [0.25, 0.3) is 5.57 Å². The van der Waals surface area contributed by atoms with Gasteiger partial charge in [0.1, 0.15) is 17.7 Å². The Balaban J connectivity index is 1.87. The van der Waals surface area contributed by atoms with Crippen LogP contribution >= 0.6 is 12.6 Å². The Morgan fingerprint density at radius 3 is 2.57 bits per heavy atom. The Kier molecular flexibility index (Phi) is 5.94. The number of thiol groups is 1. The number of anilines is 1. The fourth-order valence-corrected chi connectivity index (χ4v) is 3.63. The molecule has 30 heavy (non-hydrogen) atoms. The second-order valence-electron chi connectivity index (χ2n) is 6.88. The average molecular weight is 439 g/mol. The number of nitrogens with one attached hydrogen (secondary N) is 3. The zero-order chi connectivity index (χ0) is 22.2. The molecule has 0 saturated carbocycles. The number of alkyl halides is 3. The van der Waals surface area contributed by atoms with Crippen molar-refractivity contribution in [3.8, 4) is 0 Å². The Morgan fingerprint density at radius 1 is 1.23 bits per heavy atom. The number of hydrogen-bond donors (Lipinski definition) is 4. The zero-order valence-corrected chi connectivity index (χ0v) is 16.7. The van der Waals surface area contributed by atoms with Crippen molar-refractivity contribution in [2.24, 2.45) is 0 Å². The van der Waals surface area contributed by atoms with Crippen LogP contribution in [-0.4, -0.2) is 18.4 Å². The molecule has 0 aromatic heterocycles. The van der Waals surface area contributed by atoms with Crippen LogP contribution in [0.3, 0.4) is 0 Å². The van der Waals surface area contributed by atoms with Gasteiger partial charge in [-0.3, -0.25) is 0 Å². The van der Waals surface area contributed by atoms with Crippen molar-refractivity contribution in [3.63, 3.8) is 0 Å². The topological polar surface area (TPSA) is 47.9 Å². The molecule has 0 radical (unpaired) electrons. The van der Waals surface area contributed by atoms with Gasteiger partial charge >= 0.3 is 6.18 Å². The summed E-state index contributed by atoms with van der Waals surface area (Å²) in [6.07, 6.45) is -3.92. The Bertz CT molecular complexity index is 1060. The minimum absolute atomic E-state index is 0.0403. The summed E-state index contributed by atoms with van der Waals surface area (Å²) < 4.78 is 69.2. The molecule has 1 aliphatic rings. The average Bonchev–Trinajstić information content (AvgIpc) is 2.97. The van der Waals surface area contributed by atoms with Crippen LogP contribution in [-0.2, 0) is 6.42 Å². The molecule has 0 fully saturated rings. The van der Waals surface area contributed by atoms with E-state index in [1.807, 2.05) is 0 Å². The van der Waals surface area contributed by atoms with E-state index in [9.17, 15) is 22.0 Å². The SMILES string of the molecule is C=C(Nc1ccc(S)c(C=N)c1)NC(C1=C(C)c2cc(F)cc(F)c2C1)C(F)(F)F. The van der Waals surface area contributed by atoms with Gasteiger partial charge in [0, 0.05) is 28.4 Å². The molecule has 2 aromatic carbocycles. The van der Waals surface area contributed by atoms with Gasteiger partial charge in [-0.2, -0.15) is 13.2 Å². The van der Waals surface area contributed by atoms with E-state index in [-0.39, 0.29) is 34.5 Å². The molecule has 0 heterocycles. The largest absolute Gasteiger partial charge is 0.412 e. The maximum absolute atomic E-state index is 14.1. The van der Waals surface area contributed by atoms with Crippen LogP contribution in [0.5, 0.6) is 0 Å². The number of allylic oxidation sites excluding steroid dienone is 1. The lowest BCUT2D eigenvalue weighted by Crippen LogP contribution is -2.44. The molecule has 0 spiro atoms. The predicted molar refractivity (Wildman–Crippen MR) is 110 cm³/mol. The normalized spacial score (nSPS) is 14.4. The molecule has 0 aliphatic heterocycles. The van der Waals surface area contributed by atoms with Crippen LogP contribution in [0.1, 0.15) is 23.6 Å². The predicted octanol–water partition coefficient (Wildman–Crippen LogP) is 5.68. The van der Waals surface area contributed by atoms with E-state index < -0.39 is 23.9 Å². The lowest BCUT2D eigenvalue weighted by molar-refractivity contribution is -0.145. The summed E-state index contributed by atoms with van der Waals surface area (Å²) in [5.41, 5.74) is 1.15. The molecule has 1 aliphatic carbocycles. The van der Waals surface area contributed by atoms with Crippen LogP contribution in [0.2, 0.25) is 0 Å². The van der Waals surface area contributed by atoms with Gasteiger partial charge < -0.3 is 16.0 Å². The van der Waals surface area contributed by atoms with Gasteiger partial charge in [0.05, 0.1) is 5.82 Å². The lowest BCUT2D eigenvalue weighted by atomic mass is 10.0. The first-order valence-corrected chi connectivity index (χ1v) is 9.26. The van der Waals surface area contributed by atoms with E-state index in [0.29, 0.717) is 22.2 Å². The number of rotatable bonds is 6. The molecular formula is C21H18F5N3S. The third-order valence-corrected chi connectivity index (χ3v) is 5.29. The van der Waals surface area contributed by atoms with Crippen molar-refractivity contribution in [2.75, 3.05) is 5.32 Å². The fourth-order valence-electron chi connectivity index (χ4n) is 3.43. The van der Waals surface area contributed by atoms with E-state index in [1.165, 1.54) is 6.92 Å². The van der Waals surface area contributed by atoms with Gasteiger partial charge in [-0.25, -0.2) is 8.78 Å². The highest BCUT2D eigenvalue weighted by Crippen LogP contribution is 2.40. The first-order valence-electron chi connectivity index (χ1n) is 8.82. The van der Waals surface area contributed by atoms with Gasteiger partial charge in [0.2, 0.25) is 0 Å². The monoisotopic (exact) mass is 439 g/mol. The van der Waals surface area contributed by atoms with E-state index in [4.69, 9.17) is 5.41 Å². The van der Waals surface area contributed by atoms with Crippen molar-refractivity contribution >= 4 is 30.1 Å². The third-order valence-electron chi connectivity index (χ3n) is 4.89. The summed E-state index contributed by atoms with van der Waals surface area (Å²) in [5.74, 6) is -1.85. The molecule has 0 bridgehead atoms. The standard InChI is InChI=1S/C21H18F5N3S/c1-10-15-6-13(22)7-18(23)17(15)8-16(10)20(21(24,25)26)29-11(2)28-14-3-4-19(30)12(5-14)9-27/h3-7,9,20,27-30H,2,8H2,1H3. The molecule has 9 heteroatoms. The maximum atomic E-state index is 14.1. The van der Waals surface area contributed by atoms with Gasteiger partial charge in [0.15, 0.2) is 0 Å². The molecule has 0 amide bonds. The minimum Gasteiger partial charge on any atom is -0.357 e. The molecular weight excluding hydrogens is 421 g/mol. The number of benzene rings is 2. The van der Waals surface area contributed by atoms with E-state index >= 15 is 0 Å². The number of hydrogen-bond acceptors (Lipinski definition) is 4. The molecule has 158 valence electrons. The highest BCUT2D eigenvalue weighted by Gasteiger charge is 2.45. The van der Waals surface area contributed by atoms with Crippen LogP contribution in [0.15, 0.2) is 53.2 Å². The summed E-state index contributed by atoms with van der Waals surface area (Å²) in [6, 6.07) is 4.28.